The molecule has 9 heteroatoms. The number of rotatable bonds is 5. The quantitative estimate of drug-likeness (QED) is 0.737. The summed E-state index contributed by atoms with van der Waals surface area (Å²) in [5.41, 5.74) is 2.05. The second-order valence-electron chi connectivity index (χ2n) is 6.57. The van der Waals surface area contributed by atoms with E-state index in [1.54, 1.807) is 17.2 Å². The van der Waals surface area contributed by atoms with Gasteiger partial charge in [0.05, 0.1) is 5.75 Å². The predicted molar refractivity (Wildman–Crippen MR) is 104 cm³/mol. The molecule has 2 aliphatic rings. The Morgan fingerprint density at radius 2 is 2.00 bits per heavy atom. The number of sulfonamides is 1. The Hall–Kier alpha value is -2.94. The number of allylic oxidation sites excluding steroid dienone is 2. The van der Waals surface area contributed by atoms with Crippen molar-refractivity contribution in [3.8, 4) is 0 Å². The van der Waals surface area contributed by atoms with Gasteiger partial charge in [-0.1, -0.05) is 29.8 Å². The summed E-state index contributed by atoms with van der Waals surface area (Å²) in [4.78, 5) is 26.3. The molecule has 0 saturated carbocycles. The van der Waals surface area contributed by atoms with Gasteiger partial charge in [-0.15, -0.1) is 4.40 Å². The first kappa shape index (κ1) is 19.8. The fraction of sp³-hybridized carbons (Fsp3) is 0.316. The third-order valence-electron chi connectivity index (χ3n) is 4.32. The molecular weight excluding hydrogens is 382 g/mol. The monoisotopic (exact) mass is 403 g/mol. The van der Waals surface area contributed by atoms with E-state index >= 15 is 0 Å². The summed E-state index contributed by atoms with van der Waals surface area (Å²) >= 11 is 0. The lowest BCUT2D eigenvalue weighted by Gasteiger charge is -2.28. The van der Waals surface area contributed by atoms with Crippen molar-refractivity contribution in [2.45, 2.75) is 26.5 Å². The predicted octanol–water partition coefficient (Wildman–Crippen LogP) is 1.04. The normalized spacial score (nSPS) is 18.4. The minimum absolute atomic E-state index is 0.00367. The topological polar surface area (TPSA) is 105 Å². The van der Waals surface area contributed by atoms with Crippen molar-refractivity contribution >= 4 is 27.7 Å². The van der Waals surface area contributed by atoms with E-state index in [-0.39, 0.29) is 23.7 Å². The number of hydrogen-bond acceptors (Lipinski definition) is 6. The summed E-state index contributed by atoms with van der Waals surface area (Å²) in [7, 11) is -3.62. The van der Waals surface area contributed by atoms with Crippen LogP contribution in [0.5, 0.6) is 0 Å². The highest BCUT2D eigenvalue weighted by Gasteiger charge is 2.32. The van der Waals surface area contributed by atoms with Crippen molar-refractivity contribution < 1.29 is 22.7 Å². The van der Waals surface area contributed by atoms with Gasteiger partial charge in [-0.25, -0.2) is 13.2 Å². The average molecular weight is 403 g/mol. The third-order valence-corrected chi connectivity index (χ3v) is 5.47. The van der Waals surface area contributed by atoms with E-state index in [9.17, 15) is 18.0 Å². The van der Waals surface area contributed by atoms with Gasteiger partial charge in [0.15, 0.2) is 11.9 Å². The van der Waals surface area contributed by atoms with E-state index in [2.05, 4.69) is 9.71 Å². The standard InChI is InChI=1S/C19H21N3O5S/c1-13-5-7-15(8-6-13)12-20-18(23)14(2)27-19(24)16-4-3-9-22-10-11-28(25,26)21-17(16)22/h3-9,14H,10-12H2,1-2H3,(H,20,23)/t14-/m1/s1. The molecule has 1 aromatic carbocycles. The molecule has 148 valence electrons. The summed E-state index contributed by atoms with van der Waals surface area (Å²) < 4.78 is 32.4. The Labute approximate surface area is 163 Å². The van der Waals surface area contributed by atoms with Crippen LogP contribution in [0.1, 0.15) is 18.1 Å². The molecule has 0 radical (unpaired) electrons. The number of nitrogens with zero attached hydrogens (tertiary/aromatic N) is 2. The van der Waals surface area contributed by atoms with Crippen molar-refractivity contribution in [3.05, 3.63) is 59.3 Å². The first-order chi connectivity index (χ1) is 13.2. The third kappa shape index (κ3) is 4.66. The van der Waals surface area contributed by atoms with Crippen molar-refractivity contribution in [1.29, 1.82) is 0 Å². The molecule has 8 nitrogen and oxygen atoms in total. The molecule has 0 aromatic heterocycles. The number of hydrogen-bond donors (Lipinski definition) is 1. The van der Waals surface area contributed by atoms with Crippen LogP contribution in [0.3, 0.4) is 0 Å². The highest BCUT2D eigenvalue weighted by molar-refractivity contribution is 7.90. The van der Waals surface area contributed by atoms with E-state index in [0.29, 0.717) is 6.54 Å². The maximum Gasteiger partial charge on any atom is 0.342 e. The zero-order valence-corrected chi connectivity index (χ0v) is 16.4. The number of carbonyl (C=O) groups excluding carboxylic acids is 2. The van der Waals surface area contributed by atoms with Gasteiger partial charge in [0, 0.05) is 19.3 Å². The van der Waals surface area contributed by atoms with Crippen LogP contribution >= 0.6 is 0 Å². The molecule has 0 fully saturated rings. The fourth-order valence-electron chi connectivity index (χ4n) is 2.69. The molecule has 1 aromatic rings. The van der Waals surface area contributed by atoms with Crippen LogP contribution in [0.15, 0.2) is 52.6 Å². The number of nitrogens with one attached hydrogen (secondary N) is 1. The largest absolute Gasteiger partial charge is 0.449 e. The number of esters is 1. The van der Waals surface area contributed by atoms with Crippen molar-refractivity contribution in [1.82, 2.24) is 10.2 Å². The molecular formula is C19H21N3O5S. The molecule has 28 heavy (non-hydrogen) atoms. The highest BCUT2D eigenvalue weighted by Crippen LogP contribution is 2.19. The molecule has 0 saturated heterocycles. The Morgan fingerprint density at radius 3 is 2.71 bits per heavy atom. The van der Waals surface area contributed by atoms with Gasteiger partial charge in [-0.3, -0.25) is 4.79 Å². The smallest absolute Gasteiger partial charge is 0.342 e. The molecule has 0 spiro atoms. The summed E-state index contributed by atoms with van der Waals surface area (Å²) in [6, 6.07) is 7.70. The summed E-state index contributed by atoms with van der Waals surface area (Å²) in [5, 5.41) is 2.71. The van der Waals surface area contributed by atoms with Crippen LogP contribution in [-0.2, 0) is 30.9 Å². The number of aryl methyl sites for hydroxylation is 1. The number of ether oxygens (including phenoxy) is 1. The molecule has 2 aliphatic heterocycles. The Balaban J connectivity index is 1.62. The average Bonchev–Trinajstić information content (AvgIpc) is 2.66. The lowest BCUT2D eigenvalue weighted by molar-refractivity contribution is -0.150. The van der Waals surface area contributed by atoms with Crippen LogP contribution in [0.4, 0.5) is 0 Å². The maximum absolute atomic E-state index is 12.5. The van der Waals surface area contributed by atoms with E-state index in [1.807, 2.05) is 31.2 Å². The van der Waals surface area contributed by atoms with E-state index in [1.165, 1.54) is 13.0 Å². The summed E-state index contributed by atoms with van der Waals surface area (Å²) in [6.07, 6.45) is 3.63. The van der Waals surface area contributed by atoms with Crippen LogP contribution in [0, 0.1) is 6.92 Å². The molecule has 1 atom stereocenters. The van der Waals surface area contributed by atoms with Gasteiger partial charge in [0.1, 0.15) is 5.57 Å². The molecule has 1 amide bonds. The molecule has 2 heterocycles. The van der Waals surface area contributed by atoms with Gasteiger partial charge in [0.2, 0.25) is 0 Å². The lowest BCUT2D eigenvalue weighted by Crippen LogP contribution is -2.41. The lowest BCUT2D eigenvalue weighted by atomic mass is 10.1. The molecule has 0 bridgehead atoms. The van der Waals surface area contributed by atoms with Gasteiger partial charge < -0.3 is 15.0 Å². The Bertz CT molecular complexity index is 977. The number of benzene rings is 1. The summed E-state index contributed by atoms with van der Waals surface area (Å²) in [5.74, 6) is -1.36. The molecule has 0 unspecified atom stereocenters. The Morgan fingerprint density at radius 1 is 1.29 bits per heavy atom. The maximum atomic E-state index is 12.5. The zero-order valence-electron chi connectivity index (χ0n) is 15.6. The van der Waals surface area contributed by atoms with Crippen LogP contribution in [0.2, 0.25) is 0 Å². The Kier molecular flexibility index (Phi) is 5.64. The van der Waals surface area contributed by atoms with Crippen LogP contribution in [-0.4, -0.2) is 49.4 Å². The van der Waals surface area contributed by atoms with Crippen molar-refractivity contribution in [2.75, 3.05) is 12.3 Å². The minimum Gasteiger partial charge on any atom is -0.449 e. The SMILES string of the molecule is Cc1ccc(CNC(=O)[C@@H](C)OC(=O)C2=CC=CN3CCS(=O)(=O)N=C23)cc1. The first-order valence-electron chi connectivity index (χ1n) is 8.77. The van der Waals surface area contributed by atoms with Crippen molar-refractivity contribution in [3.63, 3.8) is 0 Å². The minimum atomic E-state index is -3.62. The molecule has 1 N–H and O–H groups in total. The van der Waals surface area contributed by atoms with Crippen LogP contribution in [0.25, 0.3) is 0 Å². The number of amides is 1. The van der Waals surface area contributed by atoms with Crippen molar-refractivity contribution in [2.24, 2.45) is 4.40 Å². The molecule has 3 rings (SSSR count). The van der Waals surface area contributed by atoms with Gasteiger partial charge >= 0.3 is 5.97 Å². The fourth-order valence-corrected chi connectivity index (χ4v) is 3.68. The van der Waals surface area contributed by atoms with E-state index < -0.39 is 28.0 Å². The van der Waals surface area contributed by atoms with Crippen LogP contribution < -0.4 is 5.32 Å². The zero-order chi connectivity index (χ0) is 20.3. The number of fused-ring (bicyclic) bond motifs is 1. The number of amidine groups is 1. The number of carbonyl (C=O) groups is 2. The summed E-state index contributed by atoms with van der Waals surface area (Å²) in [6.45, 7) is 3.95. The molecule has 0 aliphatic carbocycles. The second-order valence-corrected chi connectivity index (χ2v) is 8.32. The van der Waals surface area contributed by atoms with E-state index in [0.717, 1.165) is 11.1 Å². The highest BCUT2D eigenvalue weighted by atomic mass is 32.2. The van der Waals surface area contributed by atoms with Gasteiger partial charge in [-0.2, -0.15) is 0 Å². The van der Waals surface area contributed by atoms with Gasteiger partial charge in [-0.05, 0) is 31.6 Å². The van der Waals surface area contributed by atoms with Gasteiger partial charge in [0.25, 0.3) is 15.9 Å². The van der Waals surface area contributed by atoms with E-state index in [4.69, 9.17) is 4.74 Å². The second kappa shape index (κ2) is 7.97. The first-order valence-corrected chi connectivity index (χ1v) is 10.4.